The Morgan fingerprint density at radius 2 is 0.792 bits per heavy atom. The first-order valence-electron chi connectivity index (χ1n) is 17.6. The van der Waals surface area contributed by atoms with Gasteiger partial charge in [0, 0.05) is 22.1 Å². The molecule has 258 valence electrons. The Morgan fingerprint density at radius 1 is 0.453 bits per heavy atom. The molecule has 0 saturated carbocycles. The summed E-state index contributed by atoms with van der Waals surface area (Å²) in [6, 6.07) is 51.4. The first-order valence-corrected chi connectivity index (χ1v) is 17.6. The number of nitriles is 2. The highest BCUT2D eigenvalue weighted by Gasteiger charge is 2.68. The summed E-state index contributed by atoms with van der Waals surface area (Å²) in [4.78, 5) is 3.82. The molecule has 1 aliphatic carbocycles. The van der Waals surface area contributed by atoms with Crippen LogP contribution in [0.4, 0.5) is 42.9 Å². The lowest BCUT2D eigenvalue weighted by Gasteiger charge is -2.37. The number of hydrogen-bond donors (Lipinski definition) is 0. The van der Waals surface area contributed by atoms with Crippen molar-refractivity contribution in [3.63, 3.8) is 0 Å². The number of rotatable bonds is 6. The van der Waals surface area contributed by atoms with E-state index < -0.39 is 16.8 Å². The maximum atomic E-state index is 17.6. The van der Waals surface area contributed by atoms with Crippen LogP contribution in [0.3, 0.4) is 0 Å². The quantitative estimate of drug-likeness (QED) is 0.174. The number of benzene rings is 7. The van der Waals surface area contributed by atoms with Crippen LogP contribution in [0, 0.1) is 22.7 Å². The Morgan fingerprint density at radius 3 is 1.17 bits per heavy atom. The van der Waals surface area contributed by atoms with Crippen molar-refractivity contribution in [2.45, 2.75) is 44.4 Å². The van der Waals surface area contributed by atoms with Crippen LogP contribution in [0.1, 0.15) is 49.9 Å². The summed E-state index contributed by atoms with van der Waals surface area (Å²) in [5.41, 5.74) is 0.494. The highest BCUT2D eigenvalue weighted by molar-refractivity contribution is 6.04. The number of fused-ring (bicyclic) bond motifs is 3. The van der Waals surface area contributed by atoms with E-state index in [0.29, 0.717) is 33.9 Å². The van der Waals surface area contributed by atoms with E-state index in [4.69, 9.17) is 0 Å². The zero-order chi connectivity index (χ0) is 37.1. The fourth-order valence-corrected chi connectivity index (χ4v) is 8.44. The molecule has 0 aliphatic heterocycles. The van der Waals surface area contributed by atoms with Crippen LogP contribution in [0.5, 0.6) is 0 Å². The summed E-state index contributed by atoms with van der Waals surface area (Å²) >= 11 is 0. The maximum absolute atomic E-state index is 17.6. The van der Waals surface area contributed by atoms with Crippen LogP contribution in [0.15, 0.2) is 146 Å². The molecule has 1 aliphatic rings. The molecule has 7 aromatic carbocycles. The molecule has 0 fully saturated rings. The van der Waals surface area contributed by atoms with E-state index in [1.54, 1.807) is 27.7 Å². The van der Waals surface area contributed by atoms with Gasteiger partial charge in [-0.05, 0) is 86.0 Å². The standard InChI is InChI=1S/C47H36F2N4/c1-45(2)41-42(46(3,4)47(45,48)49)44(53(34-23-9-6-10-24-34)40-28-16-20-32-18-12-14-26-36(32)40)38(30-51)37(29-50)43(41)52(33-21-7-5-8-22-33)39-27-15-19-31-17-11-13-25-35(31)39/h5-28H,1-4H3. The topological polar surface area (TPSA) is 54.1 Å². The molecule has 0 aromatic heterocycles. The Balaban J connectivity index is 1.61. The third-order valence-corrected chi connectivity index (χ3v) is 11.0. The van der Waals surface area contributed by atoms with Gasteiger partial charge in [-0.15, -0.1) is 0 Å². The van der Waals surface area contributed by atoms with Crippen molar-refractivity contribution in [3.05, 3.63) is 168 Å². The number of hydrogen-bond acceptors (Lipinski definition) is 4. The summed E-state index contributed by atoms with van der Waals surface area (Å²) < 4.78 is 35.1. The predicted molar refractivity (Wildman–Crippen MR) is 211 cm³/mol. The van der Waals surface area contributed by atoms with E-state index in [2.05, 4.69) is 12.1 Å². The van der Waals surface area contributed by atoms with Crippen molar-refractivity contribution in [1.82, 2.24) is 0 Å². The van der Waals surface area contributed by atoms with Gasteiger partial charge in [0.25, 0.3) is 5.92 Å². The van der Waals surface area contributed by atoms with Crippen LogP contribution in [-0.2, 0) is 10.8 Å². The molecule has 0 N–H and O–H groups in total. The molecule has 8 rings (SSSR count). The van der Waals surface area contributed by atoms with Crippen LogP contribution >= 0.6 is 0 Å². The average molecular weight is 695 g/mol. The van der Waals surface area contributed by atoms with Gasteiger partial charge in [-0.25, -0.2) is 8.78 Å². The third kappa shape index (κ3) is 4.83. The molecular formula is C47H36F2N4. The van der Waals surface area contributed by atoms with Gasteiger partial charge in [0.1, 0.15) is 12.1 Å². The molecule has 0 unspecified atom stereocenters. The average Bonchev–Trinajstić information content (AvgIpc) is 3.29. The minimum atomic E-state index is -3.31. The summed E-state index contributed by atoms with van der Waals surface area (Å²) in [5.74, 6) is -3.31. The second-order valence-corrected chi connectivity index (χ2v) is 14.6. The number of alkyl halides is 2. The fraction of sp³-hybridized carbons (Fsp3) is 0.149. The Hall–Kier alpha value is -6.50. The van der Waals surface area contributed by atoms with Gasteiger partial charge in [0.05, 0.1) is 44.7 Å². The molecule has 0 bridgehead atoms. The summed E-state index contributed by atoms with van der Waals surface area (Å²) in [6.07, 6.45) is 0. The number of para-hydroxylation sites is 2. The molecule has 0 heterocycles. The van der Waals surface area contributed by atoms with Gasteiger partial charge >= 0.3 is 0 Å². The monoisotopic (exact) mass is 694 g/mol. The SMILES string of the molecule is CC1(C)c2c(N(c3ccccc3)c3cccc4ccccc34)c(C#N)c(C#N)c(N(c3ccccc3)c3cccc4ccccc34)c2C(C)(C)C1(F)F. The van der Waals surface area contributed by atoms with E-state index in [0.717, 1.165) is 21.5 Å². The fourth-order valence-electron chi connectivity index (χ4n) is 8.44. The van der Waals surface area contributed by atoms with E-state index in [-0.39, 0.29) is 22.5 Å². The largest absolute Gasteiger partial charge is 0.308 e. The smallest absolute Gasteiger partial charge is 0.266 e. The highest BCUT2D eigenvalue weighted by atomic mass is 19.3. The molecule has 0 amide bonds. The van der Waals surface area contributed by atoms with Gasteiger partial charge < -0.3 is 9.80 Å². The molecule has 0 spiro atoms. The predicted octanol–water partition coefficient (Wildman–Crippen LogP) is 12.9. The molecular weight excluding hydrogens is 659 g/mol. The lowest BCUT2D eigenvalue weighted by Crippen LogP contribution is -2.46. The van der Waals surface area contributed by atoms with Crippen molar-refractivity contribution in [2.75, 3.05) is 9.80 Å². The summed E-state index contributed by atoms with van der Waals surface area (Å²) in [5, 5.41) is 26.3. The normalized spacial score (nSPS) is 15.0. The molecule has 6 heteroatoms. The van der Waals surface area contributed by atoms with Gasteiger partial charge in [0.15, 0.2) is 0 Å². The summed E-state index contributed by atoms with van der Waals surface area (Å²) in [7, 11) is 0. The van der Waals surface area contributed by atoms with Crippen molar-refractivity contribution in [2.24, 2.45) is 0 Å². The highest BCUT2D eigenvalue weighted by Crippen LogP contribution is 2.67. The van der Waals surface area contributed by atoms with E-state index in [9.17, 15) is 10.5 Å². The second kappa shape index (κ2) is 12.3. The number of anilines is 6. The molecule has 7 aromatic rings. The molecule has 53 heavy (non-hydrogen) atoms. The minimum Gasteiger partial charge on any atom is -0.308 e. The zero-order valence-electron chi connectivity index (χ0n) is 29.9. The van der Waals surface area contributed by atoms with Gasteiger partial charge in [-0.3, -0.25) is 0 Å². The van der Waals surface area contributed by atoms with E-state index >= 15 is 8.78 Å². The molecule has 0 radical (unpaired) electrons. The number of nitrogens with zero attached hydrogens (tertiary/aromatic N) is 4. The second-order valence-electron chi connectivity index (χ2n) is 14.6. The Kier molecular flexibility index (Phi) is 7.82. The van der Waals surface area contributed by atoms with Crippen molar-refractivity contribution in [1.29, 1.82) is 10.5 Å². The van der Waals surface area contributed by atoms with Crippen molar-refractivity contribution < 1.29 is 8.78 Å². The lowest BCUT2D eigenvalue weighted by atomic mass is 9.76. The lowest BCUT2D eigenvalue weighted by molar-refractivity contribution is -0.105. The first-order chi connectivity index (χ1) is 25.5. The first kappa shape index (κ1) is 33.6. The van der Waals surface area contributed by atoms with E-state index in [1.807, 2.05) is 155 Å². The zero-order valence-corrected chi connectivity index (χ0v) is 29.9. The van der Waals surface area contributed by atoms with Gasteiger partial charge in [-0.2, -0.15) is 10.5 Å². The van der Waals surface area contributed by atoms with Crippen LogP contribution in [0.25, 0.3) is 21.5 Å². The third-order valence-electron chi connectivity index (χ3n) is 11.0. The molecule has 0 saturated heterocycles. The van der Waals surface area contributed by atoms with Crippen LogP contribution < -0.4 is 9.80 Å². The number of halogens is 2. The Labute approximate surface area is 308 Å². The minimum absolute atomic E-state index is 0.0285. The Bertz CT molecular complexity index is 2440. The molecule has 4 nitrogen and oxygen atoms in total. The summed E-state index contributed by atoms with van der Waals surface area (Å²) in [6.45, 7) is 6.27. The van der Waals surface area contributed by atoms with Crippen molar-refractivity contribution >= 4 is 55.7 Å². The van der Waals surface area contributed by atoms with Gasteiger partial charge in [0.2, 0.25) is 0 Å². The maximum Gasteiger partial charge on any atom is 0.266 e. The van der Waals surface area contributed by atoms with Crippen molar-refractivity contribution in [3.8, 4) is 12.1 Å². The van der Waals surface area contributed by atoms with E-state index in [1.165, 1.54) is 0 Å². The van der Waals surface area contributed by atoms with Gasteiger partial charge in [-0.1, -0.05) is 109 Å². The molecule has 0 atom stereocenters. The van der Waals surface area contributed by atoms with Crippen LogP contribution in [-0.4, -0.2) is 5.92 Å². The van der Waals surface area contributed by atoms with Crippen LogP contribution in [0.2, 0.25) is 0 Å².